The number of primary amides is 1. The van der Waals surface area contributed by atoms with Crippen LogP contribution < -0.4 is 15.4 Å². The van der Waals surface area contributed by atoms with Gasteiger partial charge in [0, 0.05) is 12.7 Å². The molecule has 5 nitrogen and oxygen atoms in total. The first-order valence-electron chi connectivity index (χ1n) is 5.28. The summed E-state index contributed by atoms with van der Waals surface area (Å²) in [5, 5.41) is 0. The van der Waals surface area contributed by atoms with Crippen LogP contribution in [0.1, 0.15) is 12.5 Å². The second-order valence-electron chi connectivity index (χ2n) is 3.61. The molecule has 0 saturated carbocycles. The molecule has 0 radical (unpaired) electrons. The number of hydrogen-bond donors (Lipinski definition) is 1. The number of nitrogens with two attached hydrogens (primary N) is 1. The van der Waals surface area contributed by atoms with Gasteiger partial charge in [0.05, 0.1) is 6.61 Å². The first kappa shape index (κ1) is 13.0. The van der Waals surface area contributed by atoms with E-state index >= 15 is 0 Å². The van der Waals surface area contributed by atoms with Crippen LogP contribution in [0.4, 0.5) is 5.69 Å². The van der Waals surface area contributed by atoms with Gasteiger partial charge >= 0.3 is 11.8 Å². The molecule has 1 aromatic rings. The Bertz CT molecular complexity index is 443. The summed E-state index contributed by atoms with van der Waals surface area (Å²) in [5.41, 5.74) is 6.44. The van der Waals surface area contributed by atoms with Crippen molar-refractivity contribution in [1.29, 1.82) is 0 Å². The number of aryl methyl sites for hydroxylation is 1. The number of carbonyl (C=O) groups excluding carboxylic acids is 2. The van der Waals surface area contributed by atoms with Gasteiger partial charge in [-0.15, -0.1) is 0 Å². The molecule has 0 fully saturated rings. The Morgan fingerprint density at radius 3 is 2.53 bits per heavy atom. The molecular weight excluding hydrogens is 220 g/mol. The Labute approximate surface area is 100 Å². The van der Waals surface area contributed by atoms with E-state index in [-0.39, 0.29) is 0 Å². The Hall–Kier alpha value is -2.04. The SMILES string of the molecule is CCOc1ccc(N(C)C(=O)C(N)=O)cc1C. The normalized spacial score (nSPS) is 9.82. The maximum absolute atomic E-state index is 11.4. The maximum atomic E-state index is 11.4. The number of amides is 2. The molecule has 5 heteroatoms. The lowest BCUT2D eigenvalue weighted by atomic mass is 10.2. The van der Waals surface area contributed by atoms with E-state index in [1.165, 1.54) is 11.9 Å². The molecular formula is C12H16N2O3. The number of carbonyl (C=O) groups is 2. The van der Waals surface area contributed by atoms with Crippen LogP contribution in [-0.4, -0.2) is 25.5 Å². The molecule has 1 aromatic carbocycles. The number of hydrogen-bond acceptors (Lipinski definition) is 3. The first-order valence-corrected chi connectivity index (χ1v) is 5.28. The van der Waals surface area contributed by atoms with Crippen molar-refractivity contribution in [1.82, 2.24) is 0 Å². The molecule has 0 atom stereocenters. The van der Waals surface area contributed by atoms with E-state index in [1.807, 2.05) is 13.8 Å². The van der Waals surface area contributed by atoms with Crippen LogP contribution >= 0.6 is 0 Å². The summed E-state index contributed by atoms with van der Waals surface area (Å²) in [6.45, 7) is 4.35. The van der Waals surface area contributed by atoms with E-state index in [2.05, 4.69) is 0 Å². The molecule has 0 bridgehead atoms. The Balaban J connectivity index is 2.97. The van der Waals surface area contributed by atoms with Crippen molar-refractivity contribution in [3.8, 4) is 5.75 Å². The summed E-state index contributed by atoms with van der Waals surface area (Å²) in [4.78, 5) is 23.4. The van der Waals surface area contributed by atoms with Crippen molar-refractivity contribution in [2.24, 2.45) is 5.73 Å². The van der Waals surface area contributed by atoms with Crippen LogP contribution in [-0.2, 0) is 9.59 Å². The van der Waals surface area contributed by atoms with E-state index in [9.17, 15) is 9.59 Å². The lowest BCUT2D eigenvalue weighted by molar-refractivity contribution is -0.135. The number of likely N-dealkylation sites (N-methyl/N-ethyl adjacent to an activating group) is 1. The zero-order chi connectivity index (χ0) is 13.0. The van der Waals surface area contributed by atoms with Gasteiger partial charge in [-0.25, -0.2) is 0 Å². The summed E-state index contributed by atoms with van der Waals surface area (Å²) in [5.74, 6) is -0.955. The molecule has 0 aromatic heterocycles. The number of benzene rings is 1. The third-order valence-electron chi connectivity index (χ3n) is 2.36. The largest absolute Gasteiger partial charge is 0.494 e. The fraction of sp³-hybridized carbons (Fsp3) is 0.333. The van der Waals surface area contributed by atoms with Crippen molar-refractivity contribution in [3.05, 3.63) is 23.8 Å². The quantitative estimate of drug-likeness (QED) is 0.790. The van der Waals surface area contributed by atoms with Crippen LogP contribution in [0.15, 0.2) is 18.2 Å². The van der Waals surface area contributed by atoms with E-state index < -0.39 is 11.8 Å². The third-order valence-corrected chi connectivity index (χ3v) is 2.36. The average Bonchev–Trinajstić information content (AvgIpc) is 2.30. The molecule has 0 heterocycles. The summed E-state index contributed by atoms with van der Waals surface area (Å²) in [7, 11) is 1.50. The first-order chi connectivity index (χ1) is 7.97. The number of rotatable bonds is 3. The van der Waals surface area contributed by atoms with Gasteiger partial charge in [0.2, 0.25) is 0 Å². The zero-order valence-corrected chi connectivity index (χ0v) is 10.2. The van der Waals surface area contributed by atoms with Crippen LogP contribution in [0, 0.1) is 6.92 Å². The van der Waals surface area contributed by atoms with Gasteiger partial charge in [-0.1, -0.05) is 0 Å². The number of anilines is 1. The van der Waals surface area contributed by atoms with E-state index in [1.54, 1.807) is 18.2 Å². The highest BCUT2D eigenvalue weighted by molar-refractivity contribution is 6.39. The zero-order valence-electron chi connectivity index (χ0n) is 10.2. The highest BCUT2D eigenvalue weighted by Gasteiger charge is 2.17. The van der Waals surface area contributed by atoms with Crippen LogP contribution in [0.2, 0.25) is 0 Å². The summed E-state index contributed by atoms with van der Waals surface area (Å²) in [6.07, 6.45) is 0. The topological polar surface area (TPSA) is 72.6 Å². The van der Waals surface area contributed by atoms with Crippen LogP contribution in [0.25, 0.3) is 0 Å². The fourth-order valence-corrected chi connectivity index (χ4v) is 1.44. The molecule has 0 saturated heterocycles. The lowest BCUT2D eigenvalue weighted by Crippen LogP contribution is -2.37. The fourth-order valence-electron chi connectivity index (χ4n) is 1.44. The van der Waals surface area contributed by atoms with E-state index in [0.29, 0.717) is 12.3 Å². The summed E-state index contributed by atoms with van der Waals surface area (Å²) < 4.78 is 5.38. The minimum absolute atomic E-state index is 0.580. The number of ether oxygens (including phenoxy) is 1. The molecule has 2 amide bonds. The van der Waals surface area contributed by atoms with Crippen molar-refractivity contribution >= 4 is 17.5 Å². The molecule has 0 spiro atoms. The predicted molar refractivity (Wildman–Crippen MR) is 65.0 cm³/mol. The van der Waals surface area contributed by atoms with Crippen molar-refractivity contribution in [2.45, 2.75) is 13.8 Å². The summed E-state index contributed by atoms with van der Waals surface area (Å²) >= 11 is 0. The highest BCUT2D eigenvalue weighted by Crippen LogP contribution is 2.23. The molecule has 92 valence electrons. The standard InChI is InChI=1S/C12H16N2O3/c1-4-17-10-6-5-9(7-8(10)2)14(3)12(16)11(13)15/h5-7H,4H2,1-3H3,(H2,13,15). The van der Waals surface area contributed by atoms with E-state index in [0.717, 1.165) is 11.3 Å². The molecule has 0 unspecified atom stereocenters. The molecule has 0 aliphatic rings. The lowest BCUT2D eigenvalue weighted by Gasteiger charge is -2.17. The van der Waals surface area contributed by atoms with Crippen LogP contribution in [0.5, 0.6) is 5.75 Å². The van der Waals surface area contributed by atoms with Gasteiger partial charge in [-0.3, -0.25) is 9.59 Å². The van der Waals surface area contributed by atoms with Gasteiger partial charge in [0.25, 0.3) is 0 Å². The summed E-state index contributed by atoms with van der Waals surface area (Å²) in [6, 6.07) is 5.24. The Morgan fingerprint density at radius 2 is 2.06 bits per heavy atom. The third kappa shape index (κ3) is 2.96. The van der Waals surface area contributed by atoms with Gasteiger partial charge < -0.3 is 15.4 Å². The van der Waals surface area contributed by atoms with Gasteiger partial charge in [-0.05, 0) is 37.6 Å². The Morgan fingerprint density at radius 1 is 1.41 bits per heavy atom. The second-order valence-corrected chi connectivity index (χ2v) is 3.61. The molecule has 0 aliphatic carbocycles. The molecule has 2 N–H and O–H groups in total. The highest BCUT2D eigenvalue weighted by atomic mass is 16.5. The Kier molecular flexibility index (Phi) is 4.09. The van der Waals surface area contributed by atoms with Crippen LogP contribution in [0.3, 0.4) is 0 Å². The maximum Gasteiger partial charge on any atom is 0.315 e. The van der Waals surface area contributed by atoms with E-state index in [4.69, 9.17) is 10.5 Å². The molecule has 0 aliphatic heterocycles. The average molecular weight is 236 g/mol. The van der Waals surface area contributed by atoms with Gasteiger partial charge in [-0.2, -0.15) is 0 Å². The monoisotopic (exact) mass is 236 g/mol. The van der Waals surface area contributed by atoms with Gasteiger partial charge in [0.15, 0.2) is 0 Å². The van der Waals surface area contributed by atoms with Crippen molar-refractivity contribution in [3.63, 3.8) is 0 Å². The predicted octanol–water partition coefficient (Wildman–Crippen LogP) is 0.842. The van der Waals surface area contributed by atoms with Gasteiger partial charge in [0.1, 0.15) is 5.75 Å². The molecule has 17 heavy (non-hydrogen) atoms. The smallest absolute Gasteiger partial charge is 0.315 e. The molecule has 1 rings (SSSR count). The van der Waals surface area contributed by atoms with Crippen molar-refractivity contribution < 1.29 is 14.3 Å². The second kappa shape index (κ2) is 5.34. The minimum Gasteiger partial charge on any atom is -0.494 e. The number of nitrogens with zero attached hydrogens (tertiary/aromatic N) is 1. The van der Waals surface area contributed by atoms with Crippen molar-refractivity contribution in [2.75, 3.05) is 18.6 Å². The minimum atomic E-state index is -0.973.